The summed E-state index contributed by atoms with van der Waals surface area (Å²) in [6, 6.07) is 31.7. The molecule has 0 aromatic heterocycles. The van der Waals surface area contributed by atoms with Gasteiger partial charge in [0.2, 0.25) is 0 Å². The summed E-state index contributed by atoms with van der Waals surface area (Å²) < 4.78 is 0.871. The van der Waals surface area contributed by atoms with Crippen molar-refractivity contribution in [1.29, 1.82) is 0 Å². The molecule has 0 spiro atoms. The average molecular weight is 340 g/mol. The molecule has 0 aliphatic heterocycles. The van der Waals surface area contributed by atoms with Gasteiger partial charge in [-0.2, -0.15) is 0 Å². The standard InChI is InChI=1S/C19H17PS2/c21-19(22)20(16-10-4-1-5-11-16,17-12-6-2-7-13-17)18-14-8-3-9-15-18/h1-15,21-22H. The van der Waals surface area contributed by atoms with E-state index in [4.69, 9.17) is 25.3 Å². The summed E-state index contributed by atoms with van der Waals surface area (Å²) in [5.41, 5.74) is 0. The van der Waals surface area contributed by atoms with Crippen molar-refractivity contribution in [2.75, 3.05) is 0 Å². The largest absolute Gasteiger partial charge is 0.136 e. The molecule has 22 heavy (non-hydrogen) atoms. The molecule has 0 atom stereocenters. The molecule has 0 nitrogen and oxygen atoms in total. The van der Waals surface area contributed by atoms with Crippen LogP contribution in [0.25, 0.3) is 0 Å². The second-order valence-corrected chi connectivity index (χ2v) is 10.3. The Bertz CT molecular complexity index is 689. The Morgan fingerprint density at radius 1 is 0.500 bits per heavy atom. The zero-order chi connectivity index (χ0) is 15.4. The molecule has 3 rings (SSSR count). The van der Waals surface area contributed by atoms with Crippen LogP contribution in [0.4, 0.5) is 0 Å². The first-order chi connectivity index (χ1) is 10.8. The number of benzene rings is 3. The van der Waals surface area contributed by atoms with Gasteiger partial charge in [0.05, 0.1) is 0 Å². The Morgan fingerprint density at radius 3 is 1.00 bits per heavy atom. The highest BCUT2D eigenvalue weighted by molar-refractivity contribution is 8.36. The number of thiol groups is 2. The molecule has 3 heteroatoms. The fourth-order valence-corrected chi connectivity index (χ4v) is 8.27. The molecule has 0 unspecified atom stereocenters. The molecule has 0 saturated carbocycles. The molecule has 0 radical (unpaired) electrons. The first-order valence-corrected chi connectivity index (χ1v) is 9.76. The van der Waals surface area contributed by atoms with Crippen LogP contribution in [0.1, 0.15) is 0 Å². The van der Waals surface area contributed by atoms with Gasteiger partial charge in [0, 0.05) is 3.96 Å². The van der Waals surface area contributed by atoms with Crippen LogP contribution in [-0.4, -0.2) is 3.96 Å². The van der Waals surface area contributed by atoms with Crippen molar-refractivity contribution in [2.45, 2.75) is 0 Å². The summed E-state index contributed by atoms with van der Waals surface area (Å²) in [5, 5.41) is 3.81. The van der Waals surface area contributed by atoms with Gasteiger partial charge in [0.15, 0.2) is 0 Å². The van der Waals surface area contributed by atoms with Crippen LogP contribution < -0.4 is 15.9 Å². The fraction of sp³-hybridized carbons (Fsp3) is 0. The van der Waals surface area contributed by atoms with E-state index < -0.39 is 6.89 Å². The second kappa shape index (κ2) is 6.83. The van der Waals surface area contributed by atoms with E-state index in [2.05, 4.69) is 72.8 Å². The summed E-state index contributed by atoms with van der Waals surface area (Å²) in [6.45, 7) is -1.98. The summed E-state index contributed by atoms with van der Waals surface area (Å²) >= 11 is 9.49. The van der Waals surface area contributed by atoms with Crippen LogP contribution in [0.2, 0.25) is 0 Å². The smallest absolute Gasteiger partial charge is 0.0432 e. The molecule has 0 aliphatic carbocycles. The minimum Gasteiger partial charge on any atom is -0.136 e. The molecule has 3 aromatic rings. The Morgan fingerprint density at radius 2 is 0.773 bits per heavy atom. The van der Waals surface area contributed by atoms with Crippen LogP contribution >= 0.6 is 32.1 Å². The molecule has 0 N–H and O–H groups in total. The van der Waals surface area contributed by atoms with E-state index in [1.165, 1.54) is 15.9 Å². The number of hydrogen-bond acceptors (Lipinski definition) is 0. The van der Waals surface area contributed by atoms with Crippen LogP contribution in [0.5, 0.6) is 0 Å². The van der Waals surface area contributed by atoms with E-state index in [1.54, 1.807) is 0 Å². The van der Waals surface area contributed by atoms with Gasteiger partial charge in [0.1, 0.15) is 0 Å². The molecule has 3 aromatic carbocycles. The van der Waals surface area contributed by atoms with Crippen LogP contribution in [0.3, 0.4) is 0 Å². The highest BCUT2D eigenvalue weighted by Gasteiger charge is 2.27. The third kappa shape index (κ3) is 2.67. The molecule has 0 aliphatic rings. The van der Waals surface area contributed by atoms with Crippen molar-refractivity contribution in [3.05, 3.63) is 91.0 Å². The van der Waals surface area contributed by atoms with E-state index in [1.807, 2.05) is 18.2 Å². The van der Waals surface area contributed by atoms with E-state index in [-0.39, 0.29) is 0 Å². The Kier molecular flexibility index (Phi) is 4.83. The van der Waals surface area contributed by atoms with E-state index >= 15 is 0 Å². The van der Waals surface area contributed by atoms with E-state index in [0.717, 1.165) is 3.96 Å². The maximum Gasteiger partial charge on any atom is 0.0432 e. The highest BCUT2D eigenvalue weighted by atomic mass is 32.2. The lowest BCUT2D eigenvalue weighted by molar-refractivity contribution is 1.73. The lowest BCUT2D eigenvalue weighted by Gasteiger charge is -2.29. The van der Waals surface area contributed by atoms with Gasteiger partial charge in [-0.15, -0.1) is 25.3 Å². The summed E-state index contributed by atoms with van der Waals surface area (Å²) in [5.74, 6) is 0. The lowest BCUT2D eigenvalue weighted by atomic mass is 10.4. The molecule has 0 amide bonds. The molecule has 0 heterocycles. The molecular formula is C19H17PS2. The normalized spacial score (nSPS) is 11.2. The Labute approximate surface area is 143 Å². The van der Waals surface area contributed by atoms with Gasteiger partial charge in [-0.3, -0.25) is 0 Å². The van der Waals surface area contributed by atoms with Crippen LogP contribution in [0.15, 0.2) is 91.0 Å². The fourth-order valence-electron chi connectivity index (χ4n) is 2.75. The SMILES string of the molecule is SC(S)=P(c1ccccc1)(c1ccccc1)c1ccccc1. The minimum absolute atomic E-state index is 0.871. The van der Waals surface area contributed by atoms with Crippen LogP contribution in [0, 0.1) is 0 Å². The maximum atomic E-state index is 4.74. The molecular weight excluding hydrogens is 323 g/mol. The van der Waals surface area contributed by atoms with Crippen molar-refractivity contribution in [1.82, 2.24) is 0 Å². The zero-order valence-electron chi connectivity index (χ0n) is 12.0. The minimum atomic E-state index is -1.98. The van der Waals surface area contributed by atoms with Crippen molar-refractivity contribution >= 4 is 52.0 Å². The molecule has 0 fully saturated rings. The predicted molar refractivity (Wildman–Crippen MR) is 108 cm³/mol. The zero-order valence-corrected chi connectivity index (χ0v) is 14.7. The van der Waals surface area contributed by atoms with E-state index in [0.29, 0.717) is 0 Å². The van der Waals surface area contributed by atoms with Crippen molar-refractivity contribution in [3.63, 3.8) is 0 Å². The van der Waals surface area contributed by atoms with Gasteiger partial charge in [-0.1, -0.05) is 91.0 Å². The number of rotatable bonds is 3. The van der Waals surface area contributed by atoms with Crippen molar-refractivity contribution in [2.24, 2.45) is 0 Å². The Balaban J connectivity index is 2.44. The van der Waals surface area contributed by atoms with Gasteiger partial charge in [-0.05, 0) is 22.8 Å². The molecule has 0 saturated heterocycles. The third-order valence-electron chi connectivity index (χ3n) is 3.73. The monoisotopic (exact) mass is 340 g/mol. The quantitative estimate of drug-likeness (QED) is 0.524. The average Bonchev–Trinajstić information content (AvgIpc) is 2.58. The van der Waals surface area contributed by atoms with E-state index in [9.17, 15) is 0 Å². The van der Waals surface area contributed by atoms with Crippen LogP contribution in [-0.2, 0) is 0 Å². The summed E-state index contributed by atoms with van der Waals surface area (Å²) in [7, 11) is 0. The van der Waals surface area contributed by atoms with Gasteiger partial charge >= 0.3 is 0 Å². The lowest BCUT2D eigenvalue weighted by Crippen LogP contribution is -2.27. The van der Waals surface area contributed by atoms with Crippen molar-refractivity contribution in [3.8, 4) is 0 Å². The highest BCUT2D eigenvalue weighted by Crippen LogP contribution is 2.47. The first-order valence-electron chi connectivity index (χ1n) is 7.07. The number of hydrogen-bond donors (Lipinski definition) is 2. The Hall–Kier alpha value is -1.34. The third-order valence-corrected chi connectivity index (χ3v) is 9.35. The summed E-state index contributed by atoms with van der Waals surface area (Å²) in [4.78, 5) is 0. The van der Waals surface area contributed by atoms with Crippen molar-refractivity contribution < 1.29 is 0 Å². The van der Waals surface area contributed by atoms with Gasteiger partial charge in [0.25, 0.3) is 0 Å². The van der Waals surface area contributed by atoms with Gasteiger partial charge < -0.3 is 0 Å². The first kappa shape index (κ1) is 15.6. The molecule has 110 valence electrons. The predicted octanol–water partition coefficient (Wildman–Crippen LogP) is 3.93. The summed E-state index contributed by atoms with van der Waals surface area (Å²) in [6.07, 6.45) is 0. The maximum absolute atomic E-state index is 4.74. The van der Waals surface area contributed by atoms with Gasteiger partial charge in [-0.25, -0.2) is 0 Å². The second-order valence-electron chi connectivity index (χ2n) is 4.98. The molecule has 0 bridgehead atoms. The topological polar surface area (TPSA) is 0 Å².